The SMILES string of the molecule is O=C(Nc1ccnc(Cl)c1)C1C2CCCCC21. The lowest BCUT2D eigenvalue weighted by Crippen LogP contribution is -2.15. The van der Waals surface area contributed by atoms with E-state index in [9.17, 15) is 4.79 Å². The number of amides is 1. The highest BCUT2D eigenvalue weighted by atomic mass is 35.5. The molecular formula is C13H15ClN2O. The van der Waals surface area contributed by atoms with Crippen molar-refractivity contribution in [3.63, 3.8) is 0 Å². The van der Waals surface area contributed by atoms with Crippen molar-refractivity contribution in [2.75, 3.05) is 5.32 Å². The van der Waals surface area contributed by atoms with Gasteiger partial charge in [0, 0.05) is 17.8 Å². The molecular weight excluding hydrogens is 236 g/mol. The van der Waals surface area contributed by atoms with Gasteiger partial charge in [0.2, 0.25) is 5.91 Å². The fourth-order valence-corrected chi connectivity index (χ4v) is 3.26. The number of carbonyl (C=O) groups excluding carboxylic acids is 1. The van der Waals surface area contributed by atoms with Crippen molar-refractivity contribution in [3.05, 3.63) is 23.5 Å². The third-order valence-electron chi connectivity index (χ3n) is 3.95. The maximum atomic E-state index is 12.1. The Balaban J connectivity index is 1.64. The minimum Gasteiger partial charge on any atom is -0.326 e. The zero-order chi connectivity index (χ0) is 11.8. The van der Waals surface area contributed by atoms with E-state index in [1.54, 1.807) is 18.3 Å². The van der Waals surface area contributed by atoms with Gasteiger partial charge >= 0.3 is 0 Å². The molecule has 2 saturated carbocycles. The second-order valence-electron chi connectivity index (χ2n) is 4.99. The highest BCUT2D eigenvalue weighted by molar-refractivity contribution is 6.29. The first-order chi connectivity index (χ1) is 8.25. The Hall–Kier alpha value is -1.09. The van der Waals surface area contributed by atoms with Gasteiger partial charge < -0.3 is 5.32 Å². The number of aromatic nitrogens is 1. The molecule has 2 aliphatic rings. The highest BCUT2D eigenvalue weighted by Gasteiger charge is 2.54. The lowest BCUT2D eigenvalue weighted by molar-refractivity contribution is -0.117. The van der Waals surface area contributed by atoms with E-state index in [0.29, 0.717) is 17.0 Å². The first-order valence-corrected chi connectivity index (χ1v) is 6.56. The first kappa shape index (κ1) is 11.0. The molecule has 1 N–H and O–H groups in total. The van der Waals surface area contributed by atoms with Gasteiger partial charge in [-0.2, -0.15) is 0 Å². The smallest absolute Gasteiger partial charge is 0.228 e. The number of carbonyl (C=O) groups is 1. The van der Waals surface area contributed by atoms with Crippen molar-refractivity contribution < 1.29 is 4.79 Å². The van der Waals surface area contributed by atoms with Gasteiger partial charge in [0.1, 0.15) is 5.15 Å². The maximum Gasteiger partial charge on any atom is 0.228 e. The summed E-state index contributed by atoms with van der Waals surface area (Å²) in [6, 6.07) is 3.46. The van der Waals surface area contributed by atoms with Crippen molar-refractivity contribution >= 4 is 23.2 Å². The lowest BCUT2D eigenvalue weighted by atomic mass is 10.0. The molecule has 0 saturated heterocycles. The molecule has 1 aromatic rings. The molecule has 3 rings (SSSR count). The predicted octanol–water partition coefficient (Wildman–Crippen LogP) is 3.11. The Morgan fingerprint density at radius 3 is 2.71 bits per heavy atom. The zero-order valence-electron chi connectivity index (χ0n) is 9.53. The van der Waals surface area contributed by atoms with Gasteiger partial charge in [-0.25, -0.2) is 4.98 Å². The quantitative estimate of drug-likeness (QED) is 0.820. The summed E-state index contributed by atoms with van der Waals surface area (Å²) in [7, 11) is 0. The van der Waals surface area contributed by atoms with Gasteiger partial charge in [0.05, 0.1) is 0 Å². The van der Waals surface area contributed by atoms with E-state index >= 15 is 0 Å². The second-order valence-corrected chi connectivity index (χ2v) is 5.38. The molecule has 2 atom stereocenters. The van der Waals surface area contributed by atoms with Crippen LogP contribution in [0.5, 0.6) is 0 Å². The topological polar surface area (TPSA) is 42.0 Å². The summed E-state index contributed by atoms with van der Waals surface area (Å²) in [6.45, 7) is 0. The number of hydrogen-bond donors (Lipinski definition) is 1. The van der Waals surface area contributed by atoms with Crippen LogP contribution >= 0.6 is 11.6 Å². The average Bonchev–Trinajstić information content (AvgIpc) is 3.03. The first-order valence-electron chi connectivity index (χ1n) is 6.18. The van der Waals surface area contributed by atoms with Crippen LogP contribution in [0.25, 0.3) is 0 Å². The zero-order valence-corrected chi connectivity index (χ0v) is 10.3. The van der Waals surface area contributed by atoms with Crippen molar-refractivity contribution in [2.45, 2.75) is 25.7 Å². The molecule has 4 heteroatoms. The molecule has 0 aliphatic heterocycles. The number of nitrogens with zero attached hydrogens (tertiary/aromatic N) is 1. The molecule has 2 aliphatic carbocycles. The van der Waals surface area contributed by atoms with Crippen LogP contribution in [-0.2, 0) is 4.79 Å². The number of nitrogens with one attached hydrogen (secondary N) is 1. The standard InChI is InChI=1S/C13H15ClN2O/c14-11-7-8(5-6-15-11)16-13(17)12-9-3-1-2-4-10(9)12/h5-7,9-10,12H,1-4H2,(H,15,16,17). The summed E-state index contributed by atoms with van der Waals surface area (Å²) in [5.74, 6) is 1.68. The molecule has 17 heavy (non-hydrogen) atoms. The minimum atomic E-state index is 0.157. The normalized spacial score (nSPS) is 30.5. The van der Waals surface area contributed by atoms with Crippen molar-refractivity contribution in [1.29, 1.82) is 0 Å². The Kier molecular flexibility index (Phi) is 2.79. The summed E-state index contributed by atoms with van der Waals surface area (Å²) in [5.41, 5.74) is 0.749. The van der Waals surface area contributed by atoms with Crippen LogP contribution in [0.1, 0.15) is 25.7 Å². The molecule has 2 fully saturated rings. The summed E-state index contributed by atoms with van der Waals surface area (Å²) >= 11 is 5.78. The van der Waals surface area contributed by atoms with Crippen molar-refractivity contribution in [3.8, 4) is 0 Å². The minimum absolute atomic E-state index is 0.157. The average molecular weight is 251 g/mol. The van der Waals surface area contributed by atoms with Crippen LogP contribution in [0.4, 0.5) is 5.69 Å². The van der Waals surface area contributed by atoms with E-state index < -0.39 is 0 Å². The molecule has 0 bridgehead atoms. The third kappa shape index (κ3) is 2.16. The van der Waals surface area contributed by atoms with Gasteiger partial charge in [-0.15, -0.1) is 0 Å². The Morgan fingerprint density at radius 2 is 2.06 bits per heavy atom. The summed E-state index contributed by atoms with van der Waals surface area (Å²) in [4.78, 5) is 16.0. The predicted molar refractivity (Wildman–Crippen MR) is 66.8 cm³/mol. The van der Waals surface area contributed by atoms with Crippen LogP contribution < -0.4 is 5.32 Å². The largest absolute Gasteiger partial charge is 0.326 e. The van der Waals surface area contributed by atoms with E-state index in [0.717, 1.165) is 5.69 Å². The van der Waals surface area contributed by atoms with Crippen LogP contribution in [0.15, 0.2) is 18.3 Å². The van der Waals surface area contributed by atoms with Crippen LogP contribution in [0.3, 0.4) is 0 Å². The number of anilines is 1. The van der Waals surface area contributed by atoms with Gasteiger partial charge in [0.25, 0.3) is 0 Å². The number of rotatable bonds is 2. The van der Waals surface area contributed by atoms with Gasteiger partial charge in [-0.05, 0) is 36.8 Å². The Bertz CT molecular complexity index is 437. The van der Waals surface area contributed by atoms with Crippen molar-refractivity contribution in [1.82, 2.24) is 4.98 Å². The Morgan fingerprint density at radius 1 is 1.35 bits per heavy atom. The van der Waals surface area contributed by atoms with Crippen LogP contribution in [0.2, 0.25) is 5.15 Å². The number of fused-ring (bicyclic) bond motifs is 1. The fourth-order valence-electron chi connectivity index (χ4n) is 3.09. The molecule has 1 aromatic heterocycles. The van der Waals surface area contributed by atoms with E-state index in [2.05, 4.69) is 10.3 Å². The maximum absolute atomic E-state index is 12.1. The molecule has 1 amide bonds. The molecule has 0 radical (unpaired) electrons. The number of halogens is 1. The Labute approximate surface area is 106 Å². The molecule has 1 heterocycles. The van der Waals surface area contributed by atoms with Crippen LogP contribution in [0, 0.1) is 17.8 Å². The molecule has 0 spiro atoms. The third-order valence-corrected chi connectivity index (χ3v) is 4.16. The summed E-state index contributed by atoms with van der Waals surface area (Å²) in [5, 5.41) is 3.35. The van der Waals surface area contributed by atoms with Crippen molar-refractivity contribution in [2.24, 2.45) is 17.8 Å². The van der Waals surface area contributed by atoms with E-state index in [1.165, 1.54) is 25.7 Å². The summed E-state index contributed by atoms with van der Waals surface area (Å²) < 4.78 is 0. The molecule has 2 unspecified atom stereocenters. The lowest BCUT2D eigenvalue weighted by Gasteiger charge is -2.04. The van der Waals surface area contributed by atoms with E-state index in [4.69, 9.17) is 11.6 Å². The number of pyridine rings is 1. The monoisotopic (exact) mass is 250 g/mol. The molecule has 3 nitrogen and oxygen atoms in total. The van der Waals surface area contributed by atoms with E-state index in [-0.39, 0.29) is 11.8 Å². The van der Waals surface area contributed by atoms with Gasteiger partial charge in [-0.1, -0.05) is 24.4 Å². The van der Waals surface area contributed by atoms with E-state index in [1.807, 2.05) is 0 Å². The number of hydrogen-bond acceptors (Lipinski definition) is 2. The van der Waals surface area contributed by atoms with Gasteiger partial charge in [-0.3, -0.25) is 4.79 Å². The fraction of sp³-hybridized carbons (Fsp3) is 0.538. The van der Waals surface area contributed by atoms with Crippen LogP contribution in [-0.4, -0.2) is 10.9 Å². The van der Waals surface area contributed by atoms with Gasteiger partial charge in [0.15, 0.2) is 0 Å². The highest BCUT2D eigenvalue weighted by Crippen LogP contribution is 2.55. The summed E-state index contributed by atoms with van der Waals surface area (Å²) in [6.07, 6.45) is 6.62. The second kappa shape index (κ2) is 4.30. The molecule has 90 valence electrons. The molecule has 0 aromatic carbocycles.